The van der Waals surface area contributed by atoms with E-state index in [1.165, 1.54) is 5.56 Å². The first kappa shape index (κ1) is 16.5. The molecule has 0 aromatic carbocycles. The largest absolute Gasteiger partial charge is 0.394 e. The average Bonchev–Trinajstić information content (AvgIpc) is 2.33. The topological polar surface area (TPSA) is 107 Å². The number of aromatic amines is 1. The van der Waals surface area contributed by atoms with E-state index < -0.39 is 10.4 Å². The third-order valence-corrected chi connectivity index (χ3v) is 0.635. The van der Waals surface area contributed by atoms with Crippen molar-refractivity contribution in [3.8, 4) is 0 Å². The summed E-state index contributed by atoms with van der Waals surface area (Å²) in [4.78, 5) is 2.00. The van der Waals surface area contributed by atoms with E-state index in [1.807, 2.05) is 39.2 Å². The van der Waals surface area contributed by atoms with Gasteiger partial charge in [0.2, 0.25) is 0 Å². The number of aromatic nitrogens is 2. The Labute approximate surface area is 89.7 Å². The second-order valence-corrected chi connectivity index (χ2v) is 3.96. The highest BCUT2D eigenvalue weighted by Gasteiger charge is 1.84. The predicted octanol–water partition coefficient (Wildman–Crippen LogP) is 0.243. The molecule has 0 amide bonds. The highest BCUT2D eigenvalue weighted by Crippen LogP contribution is 1.84. The Balaban J connectivity index is 0. The van der Waals surface area contributed by atoms with Gasteiger partial charge in [0.25, 0.3) is 0 Å². The van der Waals surface area contributed by atoms with E-state index >= 15 is 0 Å². The van der Waals surface area contributed by atoms with Crippen LogP contribution in [0.25, 0.3) is 0 Å². The van der Waals surface area contributed by atoms with Crippen molar-refractivity contribution < 1.29 is 17.5 Å². The van der Waals surface area contributed by atoms with Crippen LogP contribution < -0.4 is 0 Å². The van der Waals surface area contributed by atoms with E-state index in [4.69, 9.17) is 17.5 Å². The maximum absolute atomic E-state index is 8.74. The molecule has 1 aromatic heterocycles. The molecule has 8 heteroatoms. The maximum Gasteiger partial charge on any atom is 0.394 e. The van der Waals surface area contributed by atoms with Crippen LogP contribution >= 0.6 is 0 Å². The minimum atomic E-state index is -4.67. The van der Waals surface area contributed by atoms with Crippen LogP contribution in [-0.4, -0.2) is 53.8 Å². The van der Waals surface area contributed by atoms with Gasteiger partial charge >= 0.3 is 10.4 Å². The fourth-order valence-corrected chi connectivity index (χ4v) is 0.315. The van der Waals surface area contributed by atoms with Crippen molar-refractivity contribution in [1.29, 1.82) is 0 Å². The minimum absolute atomic E-state index is 1.18. The van der Waals surface area contributed by atoms with Crippen molar-refractivity contribution in [2.45, 2.75) is 6.92 Å². The smallest absolute Gasteiger partial charge is 0.312 e. The molecule has 90 valence electrons. The Morgan fingerprint density at radius 1 is 1.33 bits per heavy atom. The lowest BCUT2D eigenvalue weighted by Crippen LogP contribution is -1.99. The van der Waals surface area contributed by atoms with Gasteiger partial charge in [0.15, 0.2) is 0 Å². The molecule has 0 atom stereocenters. The van der Waals surface area contributed by atoms with E-state index in [0.29, 0.717) is 0 Å². The van der Waals surface area contributed by atoms with Crippen molar-refractivity contribution in [3.05, 3.63) is 18.0 Å². The van der Waals surface area contributed by atoms with Crippen LogP contribution in [0.5, 0.6) is 0 Å². The molecule has 0 aliphatic rings. The van der Waals surface area contributed by atoms with Crippen LogP contribution in [0.4, 0.5) is 0 Å². The fraction of sp³-hybridized carbons (Fsp3) is 0.571. The van der Waals surface area contributed by atoms with Crippen molar-refractivity contribution in [1.82, 2.24) is 15.1 Å². The van der Waals surface area contributed by atoms with Gasteiger partial charge in [-0.05, 0) is 33.6 Å². The number of nitrogens with zero attached hydrogens (tertiary/aromatic N) is 2. The highest BCUT2D eigenvalue weighted by molar-refractivity contribution is 7.79. The van der Waals surface area contributed by atoms with Crippen LogP contribution in [0.2, 0.25) is 0 Å². The molecule has 0 bridgehead atoms. The van der Waals surface area contributed by atoms with Gasteiger partial charge < -0.3 is 4.90 Å². The quantitative estimate of drug-likeness (QED) is 0.560. The fourth-order valence-electron chi connectivity index (χ4n) is 0.315. The van der Waals surface area contributed by atoms with Gasteiger partial charge in [-0.25, -0.2) is 0 Å². The summed E-state index contributed by atoms with van der Waals surface area (Å²) in [6.45, 7) is 1.99. The Morgan fingerprint density at radius 3 is 1.73 bits per heavy atom. The van der Waals surface area contributed by atoms with Crippen LogP contribution in [0.15, 0.2) is 12.4 Å². The normalized spacial score (nSPS) is 9.80. The third kappa shape index (κ3) is 43.6. The molecule has 0 saturated carbocycles. The Bertz CT molecular complexity index is 309. The first-order valence-corrected chi connectivity index (χ1v) is 5.28. The van der Waals surface area contributed by atoms with Gasteiger partial charge in [-0.2, -0.15) is 13.5 Å². The zero-order valence-electron chi connectivity index (χ0n) is 9.17. The van der Waals surface area contributed by atoms with E-state index in [-0.39, 0.29) is 0 Å². The molecule has 0 spiro atoms. The number of aryl methyl sites for hydroxylation is 1. The molecule has 1 aromatic rings. The van der Waals surface area contributed by atoms with E-state index in [9.17, 15) is 0 Å². The van der Waals surface area contributed by atoms with Gasteiger partial charge in [0.05, 0.1) is 6.20 Å². The van der Waals surface area contributed by atoms with Crippen molar-refractivity contribution >= 4 is 10.4 Å². The molecule has 0 aliphatic carbocycles. The lowest BCUT2D eigenvalue weighted by Gasteiger charge is -1.90. The molecule has 0 saturated heterocycles. The Hall–Kier alpha value is -0.960. The standard InChI is InChI=1S/C4H6N2.C3H9N.H2O4S/c1-4-2-5-6-3-4;1-4(2)3;1-5(2,3)4/h2-3H,1H3,(H,5,6);1-3H3;(H2,1,2,3,4). The number of hydrogen-bond donors (Lipinski definition) is 3. The Kier molecular flexibility index (Phi) is 9.18. The molecule has 3 N–H and O–H groups in total. The van der Waals surface area contributed by atoms with Crippen LogP contribution in [0.3, 0.4) is 0 Å². The summed E-state index contributed by atoms with van der Waals surface area (Å²) in [6, 6.07) is 0. The maximum atomic E-state index is 8.74. The van der Waals surface area contributed by atoms with Crippen molar-refractivity contribution in [2.24, 2.45) is 0 Å². The summed E-state index contributed by atoms with van der Waals surface area (Å²) in [5, 5.41) is 6.38. The summed E-state index contributed by atoms with van der Waals surface area (Å²) in [5.41, 5.74) is 1.18. The molecule has 15 heavy (non-hydrogen) atoms. The van der Waals surface area contributed by atoms with Gasteiger partial charge in [0.1, 0.15) is 0 Å². The van der Waals surface area contributed by atoms with Gasteiger partial charge in [0, 0.05) is 6.20 Å². The Morgan fingerprint density at radius 2 is 1.67 bits per heavy atom. The molecule has 0 unspecified atom stereocenters. The molecule has 1 rings (SSSR count). The summed E-state index contributed by atoms with van der Waals surface area (Å²) >= 11 is 0. The number of hydrogen-bond acceptors (Lipinski definition) is 4. The molecule has 7 nitrogen and oxygen atoms in total. The van der Waals surface area contributed by atoms with Crippen molar-refractivity contribution in [3.63, 3.8) is 0 Å². The van der Waals surface area contributed by atoms with Crippen LogP contribution in [0, 0.1) is 6.92 Å². The number of nitrogens with one attached hydrogen (secondary N) is 1. The minimum Gasteiger partial charge on any atom is -0.312 e. The molecule has 0 fully saturated rings. The zero-order valence-corrected chi connectivity index (χ0v) is 9.98. The molecule has 0 radical (unpaired) electrons. The average molecular weight is 239 g/mol. The third-order valence-electron chi connectivity index (χ3n) is 0.635. The second-order valence-electron chi connectivity index (χ2n) is 3.07. The molecule has 1 heterocycles. The molecule has 0 aliphatic heterocycles. The number of rotatable bonds is 0. The zero-order chi connectivity index (χ0) is 12.5. The first-order chi connectivity index (χ1) is 6.63. The van der Waals surface area contributed by atoms with E-state index in [0.717, 1.165) is 0 Å². The summed E-state index contributed by atoms with van der Waals surface area (Å²) in [5.74, 6) is 0. The van der Waals surface area contributed by atoms with Gasteiger partial charge in [-0.1, -0.05) is 0 Å². The van der Waals surface area contributed by atoms with Crippen LogP contribution in [0.1, 0.15) is 5.56 Å². The van der Waals surface area contributed by atoms with E-state index in [1.54, 1.807) is 6.20 Å². The molecular formula is C7H17N3O4S. The predicted molar refractivity (Wildman–Crippen MR) is 57.1 cm³/mol. The summed E-state index contributed by atoms with van der Waals surface area (Å²) < 4.78 is 31.6. The van der Waals surface area contributed by atoms with Gasteiger partial charge in [-0.3, -0.25) is 14.2 Å². The first-order valence-electron chi connectivity index (χ1n) is 3.89. The lowest BCUT2D eigenvalue weighted by molar-refractivity contribution is 0.381. The second kappa shape index (κ2) is 8.36. The summed E-state index contributed by atoms with van der Waals surface area (Å²) in [7, 11) is 1.33. The van der Waals surface area contributed by atoms with Gasteiger partial charge in [-0.15, -0.1) is 0 Å². The summed E-state index contributed by atoms with van der Waals surface area (Å²) in [6.07, 6.45) is 3.62. The van der Waals surface area contributed by atoms with E-state index in [2.05, 4.69) is 10.2 Å². The molecular weight excluding hydrogens is 222 g/mol. The monoisotopic (exact) mass is 239 g/mol. The van der Waals surface area contributed by atoms with Crippen molar-refractivity contribution in [2.75, 3.05) is 21.1 Å². The SMILES string of the molecule is CN(C)C.Cc1cn[nH]c1.O=S(=O)(O)O. The van der Waals surface area contributed by atoms with Crippen LogP contribution in [-0.2, 0) is 10.4 Å². The number of H-pyrrole nitrogens is 1. The lowest BCUT2D eigenvalue weighted by atomic mass is 10.4. The highest BCUT2D eigenvalue weighted by atomic mass is 32.3.